The van der Waals surface area contributed by atoms with Crippen molar-refractivity contribution >= 4 is 5.95 Å². The van der Waals surface area contributed by atoms with Crippen molar-refractivity contribution in [3.63, 3.8) is 0 Å². The highest BCUT2D eigenvalue weighted by Gasteiger charge is 2.10. The van der Waals surface area contributed by atoms with Crippen LogP contribution in [0.15, 0.2) is 12.3 Å². The Morgan fingerprint density at radius 1 is 1.47 bits per heavy atom. The predicted octanol–water partition coefficient (Wildman–Crippen LogP) is 0.710. The van der Waals surface area contributed by atoms with Crippen LogP contribution in [0.5, 0.6) is 0 Å². The molecule has 5 nitrogen and oxygen atoms in total. The number of likely N-dealkylation sites (N-methyl/N-ethyl adjacent to an activating group) is 1. The van der Waals surface area contributed by atoms with Gasteiger partial charge in [-0.15, -0.1) is 0 Å². The standard InChI is InChI=1S/C12H22N4O/c1-5-13-11(9-17-4)8-10-6-7-14-12(15-10)16(2)3/h6-7,11,13H,5,8-9H2,1-4H3. The first-order valence-corrected chi connectivity index (χ1v) is 5.89. The summed E-state index contributed by atoms with van der Waals surface area (Å²) in [7, 11) is 5.60. The Hall–Kier alpha value is -1.20. The number of rotatable bonds is 7. The quantitative estimate of drug-likeness (QED) is 0.758. The molecule has 0 saturated heterocycles. The molecule has 0 radical (unpaired) electrons. The van der Waals surface area contributed by atoms with Gasteiger partial charge in [-0.2, -0.15) is 0 Å². The van der Waals surface area contributed by atoms with E-state index in [4.69, 9.17) is 4.74 Å². The molecule has 0 aliphatic carbocycles. The van der Waals surface area contributed by atoms with Crippen LogP contribution in [0.2, 0.25) is 0 Å². The van der Waals surface area contributed by atoms with E-state index in [1.807, 2.05) is 25.1 Å². The Kier molecular flexibility index (Phi) is 5.86. The minimum absolute atomic E-state index is 0.301. The molecule has 1 atom stereocenters. The monoisotopic (exact) mass is 238 g/mol. The summed E-state index contributed by atoms with van der Waals surface area (Å²) in [5.74, 6) is 0.746. The number of hydrogen-bond donors (Lipinski definition) is 1. The zero-order chi connectivity index (χ0) is 12.7. The van der Waals surface area contributed by atoms with Gasteiger partial charge in [0.15, 0.2) is 0 Å². The Bertz CT molecular complexity index is 324. The molecule has 0 aliphatic rings. The fourth-order valence-electron chi connectivity index (χ4n) is 1.65. The molecule has 0 bridgehead atoms. The van der Waals surface area contributed by atoms with Gasteiger partial charge in [0.05, 0.1) is 6.61 Å². The molecule has 1 rings (SSSR count). The largest absolute Gasteiger partial charge is 0.383 e. The van der Waals surface area contributed by atoms with Gasteiger partial charge in [-0.3, -0.25) is 0 Å². The van der Waals surface area contributed by atoms with E-state index in [-0.39, 0.29) is 0 Å². The topological polar surface area (TPSA) is 50.3 Å². The minimum atomic E-state index is 0.301. The van der Waals surface area contributed by atoms with Gasteiger partial charge in [0.2, 0.25) is 5.95 Å². The van der Waals surface area contributed by atoms with E-state index in [0.717, 1.165) is 24.6 Å². The van der Waals surface area contributed by atoms with Crippen LogP contribution in [0, 0.1) is 0 Å². The number of ether oxygens (including phenoxy) is 1. The number of hydrogen-bond acceptors (Lipinski definition) is 5. The Morgan fingerprint density at radius 3 is 2.82 bits per heavy atom. The Balaban J connectivity index is 2.67. The molecule has 1 unspecified atom stereocenters. The molecular formula is C12H22N4O. The number of aromatic nitrogens is 2. The fourth-order valence-corrected chi connectivity index (χ4v) is 1.65. The van der Waals surface area contributed by atoms with Crippen LogP contribution in [-0.2, 0) is 11.2 Å². The maximum atomic E-state index is 5.19. The second-order valence-electron chi connectivity index (χ2n) is 4.16. The van der Waals surface area contributed by atoms with Gasteiger partial charge in [0.25, 0.3) is 0 Å². The normalized spacial score (nSPS) is 12.5. The van der Waals surface area contributed by atoms with Crippen LogP contribution in [0.25, 0.3) is 0 Å². The summed E-state index contributed by atoms with van der Waals surface area (Å²) < 4.78 is 5.19. The average molecular weight is 238 g/mol. The molecule has 0 saturated carbocycles. The lowest BCUT2D eigenvalue weighted by Gasteiger charge is -2.17. The highest BCUT2D eigenvalue weighted by molar-refractivity contribution is 5.27. The summed E-state index contributed by atoms with van der Waals surface area (Å²) in [6.07, 6.45) is 2.65. The smallest absolute Gasteiger partial charge is 0.224 e. The van der Waals surface area contributed by atoms with Crippen molar-refractivity contribution < 1.29 is 4.74 Å². The number of nitrogens with zero attached hydrogens (tertiary/aromatic N) is 3. The molecule has 0 aliphatic heterocycles. The summed E-state index contributed by atoms with van der Waals surface area (Å²) in [6, 6.07) is 2.25. The van der Waals surface area contributed by atoms with Gasteiger partial charge in [-0.05, 0) is 12.6 Å². The second-order valence-corrected chi connectivity index (χ2v) is 4.16. The minimum Gasteiger partial charge on any atom is -0.383 e. The summed E-state index contributed by atoms with van der Waals surface area (Å²) in [4.78, 5) is 10.6. The van der Waals surface area contributed by atoms with Crippen molar-refractivity contribution in [2.24, 2.45) is 0 Å². The lowest BCUT2D eigenvalue weighted by Crippen LogP contribution is -2.35. The third kappa shape index (κ3) is 4.66. The Morgan fingerprint density at radius 2 is 2.24 bits per heavy atom. The van der Waals surface area contributed by atoms with Crippen LogP contribution >= 0.6 is 0 Å². The second kappa shape index (κ2) is 7.19. The van der Waals surface area contributed by atoms with Crippen molar-refractivity contribution in [1.82, 2.24) is 15.3 Å². The van der Waals surface area contributed by atoms with E-state index in [1.54, 1.807) is 13.3 Å². The van der Waals surface area contributed by atoms with Crippen molar-refractivity contribution in [2.45, 2.75) is 19.4 Å². The molecule has 0 amide bonds. The summed E-state index contributed by atoms with van der Waals surface area (Å²) in [6.45, 7) is 3.71. The van der Waals surface area contributed by atoms with E-state index in [1.165, 1.54) is 0 Å². The number of nitrogens with one attached hydrogen (secondary N) is 1. The molecule has 1 heterocycles. The van der Waals surface area contributed by atoms with Gasteiger partial charge in [-0.1, -0.05) is 6.92 Å². The van der Waals surface area contributed by atoms with Crippen LogP contribution in [0.1, 0.15) is 12.6 Å². The van der Waals surface area contributed by atoms with Crippen molar-refractivity contribution in [2.75, 3.05) is 39.3 Å². The van der Waals surface area contributed by atoms with E-state index in [2.05, 4.69) is 22.2 Å². The molecule has 0 aromatic carbocycles. The highest BCUT2D eigenvalue weighted by Crippen LogP contribution is 2.06. The molecule has 96 valence electrons. The fraction of sp³-hybridized carbons (Fsp3) is 0.667. The maximum Gasteiger partial charge on any atom is 0.224 e. The lowest BCUT2D eigenvalue weighted by atomic mass is 10.1. The first kappa shape index (κ1) is 13.9. The van der Waals surface area contributed by atoms with E-state index >= 15 is 0 Å². The van der Waals surface area contributed by atoms with Crippen LogP contribution < -0.4 is 10.2 Å². The zero-order valence-corrected chi connectivity index (χ0v) is 11.1. The lowest BCUT2D eigenvalue weighted by molar-refractivity contribution is 0.166. The summed E-state index contributed by atoms with van der Waals surface area (Å²) in [5.41, 5.74) is 1.03. The van der Waals surface area contributed by atoms with Crippen LogP contribution in [0.3, 0.4) is 0 Å². The number of anilines is 1. The first-order valence-electron chi connectivity index (χ1n) is 5.89. The van der Waals surface area contributed by atoms with Gasteiger partial charge in [0.1, 0.15) is 0 Å². The SMILES string of the molecule is CCNC(COC)Cc1ccnc(N(C)C)n1. The third-order valence-electron chi connectivity index (χ3n) is 2.42. The van der Waals surface area contributed by atoms with Crippen LogP contribution in [0.4, 0.5) is 5.95 Å². The van der Waals surface area contributed by atoms with Gasteiger partial charge in [0, 0.05) is 45.6 Å². The molecule has 1 N–H and O–H groups in total. The summed E-state index contributed by atoms with van der Waals surface area (Å²) in [5, 5.41) is 3.38. The van der Waals surface area contributed by atoms with Crippen molar-refractivity contribution in [1.29, 1.82) is 0 Å². The molecule has 5 heteroatoms. The molecule has 0 spiro atoms. The van der Waals surface area contributed by atoms with Gasteiger partial charge < -0.3 is 15.0 Å². The van der Waals surface area contributed by atoms with Crippen molar-refractivity contribution in [3.8, 4) is 0 Å². The average Bonchev–Trinajstić information content (AvgIpc) is 2.30. The maximum absolute atomic E-state index is 5.19. The van der Waals surface area contributed by atoms with Crippen LogP contribution in [-0.4, -0.2) is 50.4 Å². The highest BCUT2D eigenvalue weighted by atomic mass is 16.5. The van der Waals surface area contributed by atoms with E-state index < -0.39 is 0 Å². The molecular weight excluding hydrogens is 216 g/mol. The van der Waals surface area contributed by atoms with E-state index in [0.29, 0.717) is 12.6 Å². The summed E-state index contributed by atoms with van der Waals surface area (Å²) >= 11 is 0. The van der Waals surface area contributed by atoms with Crippen molar-refractivity contribution in [3.05, 3.63) is 18.0 Å². The zero-order valence-electron chi connectivity index (χ0n) is 11.1. The Labute approximate surface area is 103 Å². The molecule has 1 aromatic rings. The van der Waals surface area contributed by atoms with Gasteiger partial charge in [-0.25, -0.2) is 9.97 Å². The van der Waals surface area contributed by atoms with E-state index in [9.17, 15) is 0 Å². The molecule has 17 heavy (non-hydrogen) atoms. The molecule has 0 fully saturated rings. The van der Waals surface area contributed by atoms with Gasteiger partial charge >= 0.3 is 0 Å². The first-order chi connectivity index (χ1) is 8.17. The third-order valence-corrected chi connectivity index (χ3v) is 2.42. The molecule has 1 aromatic heterocycles. The number of methoxy groups -OCH3 is 1. The predicted molar refractivity (Wildman–Crippen MR) is 69.4 cm³/mol.